The van der Waals surface area contributed by atoms with E-state index in [2.05, 4.69) is 43.5 Å². The molecule has 1 aliphatic rings. The monoisotopic (exact) mass is 326 g/mol. The molecule has 1 saturated heterocycles. The molecule has 1 aromatic rings. The van der Waals surface area contributed by atoms with Crippen LogP contribution in [-0.4, -0.2) is 32.1 Å². The molecule has 1 unspecified atom stereocenters. The fraction of sp³-hybridized carbons (Fsp3) is 0.588. The van der Waals surface area contributed by atoms with Crippen LogP contribution in [0.15, 0.2) is 24.3 Å². The molecule has 2 N–H and O–H groups in total. The number of rotatable bonds is 5. The summed E-state index contributed by atoms with van der Waals surface area (Å²) in [5, 5.41) is 6.12. The van der Waals surface area contributed by atoms with Crippen LogP contribution in [0, 0.1) is 5.92 Å². The summed E-state index contributed by atoms with van der Waals surface area (Å²) in [7, 11) is 0. The van der Waals surface area contributed by atoms with E-state index in [-0.39, 0.29) is 29.6 Å². The molecule has 5 heteroatoms. The first-order valence-electron chi connectivity index (χ1n) is 7.68. The first kappa shape index (κ1) is 18.8. The van der Waals surface area contributed by atoms with Crippen LogP contribution in [0.5, 0.6) is 5.75 Å². The van der Waals surface area contributed by atoms with E-state index in [0.717, 1.165) is 25.3 Å². The van der Waals surface area contributed by atoms with E-state index in [1.54, 1.807) is 0 Å². The molecule has 2 rings (SSSR count). The van der Waals surface area contributed by atoms with Crippen LogP contribution in [0.1, 0.15) is 32.8 Å². The molecule has 1 heterocycles. The highest BCUT2D eigenvalue weighted by Gasteiger charge is 2.21. The van der Waals surface area contributed by atoms with E-state index in [9.17, 15) is 4.79 Å². The van der Waals surface area contributed by atoms with Crippen molar-refractivity contribution in [1.29, 1.82) is 0 Å². The summed E-state index contributed by atoms with van der Waals surface area (Å²) in [6.07, 6.45) is 0.932. The number of amides is 1. The van der Waals surface area contributed by atoms with Crippen LogP contribution in [0.3, 0.4) is 0 Å². The average molecular weight is 327 g/mol. The summed E-state index contributed by atoms with van der Waals surface area (Å²) in [5.74, 6) is 1.10. The quantitative estimate of drug-likeness (QED) is 0.817. The van der Waals surface area contributed by atoms with Gasteiger partial charge >= 0.3 is 0 Å². The summed E-state index contributed by atoms with van der Waals surface area (Å²) < 4.78 is 5.66. The number of ether oxygens (including phenoxy) is 1. The Morgan fingerprint density at radius 3 is 2.55 bits per heavy atom. The predicted octanol–water partition coefficient (Wildman–Crippen LogP) is 2.51. The van der Waals surface area contributed by atoms with Crippen molar-refractivity contribution in [3.63, 3.8) is 0 Å². The molecule has 1 aliphatic heterocycles. The SMILES string of the molecule is CC(C)(C)c1ccc(OCCNC(=O)C2CCNC2)cc1.Cl. The highest BCUT2D eigenvalue weighted by atomic mass is 35.5. The Morgan fingerprint density at radius 1 is 1.32 bits per heavy atom. The number of carbonyl (C=O) groups is 1. The van der Waals surface area contributed by atoms with Gasteiger partial charge in [-0.3, -0.25) is 4.79 Å². The van der Waals surface area contributed by atoms with E-state index in [1.165, 1.54) is 5.56 Å². The topological polar surface area (TPSA) is 50.4 Å². The summed E-state index contributed by atoms with van der Waals surface area (Å²) in [4.78, 5) is 11.8. The van der Waals surface area contributed by atoms with Gasteiger partial charge in [0.15, 0.2) is 0 Å². The third-order valence-corrected chi connectivity index (χ3v) is 3.82. The van der Waals surface area contributed by atoms with Crippen LogP contribution < -0.4 is 15.4 Å². The minimum Gasteiger partial charge on any atom is -0.492 e. The zero-order valence-corrected chi connectivity index (χ0v) is 14.5. The normalized spacial score (nSPS) is 17.7. The first-order valence-corrected chi connectivity index (χ1v) is 7.68. The van der Waals surface area contributed by atoms with Crippen LogP contribution in [0.25, 0.3) is 0 Å². The second-order valence-electron chi connectivity index (χ2n) is 6.60. The van der Waals surface area contributed by atoms with Gasteiger partial charge in [-0.05, 0) is 36.1 Å². The maximum absolute atomic E-state index is 11.8. The number of nitrogens with one attached hydrogen (secondary N) is 2. The molecular weight excluding hydrogens is 300 g/mol. The van der Waals surface area contributed by atoms with Crippen LogP contribution >= 0.6 is 12.4 Å². The third kappa shape index (κ3) is 5.50. The van der Waals surface area contributed by atoms with E-state index in [4.69, 9.17) is 4.74 Å². The Kier molecular flexibility index (Phi) is 7.17. The molecule has 1 amide bonds. The first-order chi connectivity index (χ1) is 9.97. The van der Waals surface area contributed by atoms with Crippen molar-refractivity contribution >= 4 is 18.3 Å². The molecule has 0 spiro atoms. The van der Waals surface area contributed by atoms with Gasteiger partial charge in [0.2, 0.25) is 5.91 Å². The largest absolute Gasteiger partial charge is 0.492 e. The Morgan fingerprint density at radius 2 is 2.00 bits per heavy atom. The maximum atomic E-state index is 11.8. The molecular formula is C17H27ClN2O2. The van der Waals surface area contributed by atoms with E-state index >= 15 is 0 Å². The summed E-state index contributed by atoms with van der Waals surface area (Å²) in [5.41, 5.74) is 1.44. The molecule has 22 heavy (non-hydrogen) atoms. The molecule has 0 aromatic heterocycles. The van der Waals surface area contributed by atoms with Crippen molar-refractivity contribution in [2.75, 3.05) is 26.2 Å². The smallest absolute Gasteiger partial charge is 0.224 e. The van der Waals surface area contributed by atoms with Gasteiger partial charge in [-0.15, -0.1) is 12.4 Å². The Bertz CT molecular complexity index is 463. The molecule has 0 radical (unpaired) electrons. The number of benzene rings is 1. The van der Waals surface area contributed by atoms with Crippen molar-refractivity contribution in [2.24, 2.45) is 5.92 Å². The Hall–Kier alpha value is -1.26. The van der Waals surface area contributed by atoms with Crippen molar-refractivity contribution in [2.45, 2.75) is 32.6 Å². The number of halogens is 1. The molecule has 1 atom stereocenters. The minimum atomic E-state index is 0. The van der Waals surface area contributed by atoms with Gasteiger partial charge in [-0.25, -0.2) is 0 Å². The van der Waals surface area contributed by atoms with Gasteiger partial charge in [0, 0.05) is 6.54 Å². The third-order valence-electron chi connectivity index (χ3n) is 3.82. The molecule has 0 saturated carbocycles. The molecule has 1 fully saturated rings. The fourth-order valence-electron chi connectivity index (χ4n) is 2.42. The van der Waals surface area contributed by atoms with Crippen LogP contribution in [0.2, 0.25) is 0 Å². The van der Waals surface area contributed by atoms with E-state index in [1.807, 2.05) is 12.1 Å². The van der Waals surface area contributed by atoms with Crippen molar-refractivity contribution in [1.82, 2.24) is 10.6 Å². The van der Waals surface area contributed by atoms with Gasteiger partial charge in [-0.1, -0.05) is 32.9 Å². The lowest BCUT2D eigenvalue weighted by atomic mass is 9.87. The lowest BCUT2D eigenvalue weighted by Gasteiger charge is -2.19. The number of carbonyl (C=O) groups excluding carboxylic acids is 1. The van der Waals surface area contributed by atoms with Gasteiger partial charge < -0.3 is 15.4 Å². The maximum Gasteiger partial charge on any atom is 0.224 e. The summed E-state index contributed by atoms with van der Waals surface area (Å²) >= 11 is 0. The summed E-state index contributed by atoms with van der Waals surface area (Å²) in [6, 6.07) is 8.17. The lowest BCUT2D eigenvalue weighted by Crippen LogP contribution is -2.34. The van der Waals surface area contributed by atoms with Crippen molar-refractivity contribution in [3.05, 3.63) is 29.8 Å². The summed E-state index contributed by atoms with van der Waals surface area (Å²) in [6.45, 7) is 9.36. The minimum absolute atomic E-state index is 0. The second kappa shape index (κ2) is 8.39. The fourth-order valence-corrected chi connectivity index (χ4v) is 2.42. The van der Waals surface area contributed by atoms with Crippen LogP contribution in [0.4, 0.5) is 0 Å². The van der Waals surface area contributed by atoms with Crippen LogP contribution in [-0.2, 0) is 10.2 Å². The molecule has 0 aliphatic carbocycles. The average Bonchev–Trinajstić information content (AvgIpc) is 2.97. The van der Waals surface area contributed by atoms with Crippen molar-refractivity contribution < 1.29 is 9.53 Å². The van der Waals surface area contributed by atoms with Gasteiger partial charge in [0.05, 0.1) is 12.5 Å². The van der Waals surface area contributed by atoms with Gasteiger partial charge in [-0.2, -0.15) is 0 Å². The predicted molar refractivity (Wildman–Crippen MR) is 91.9 cm³/mol. The highest BCUT2D eigenvalue weighted by molar-refractivity contribution is 5.85. The highest BCUT2D eigenvalue weighted by Crippen LogP contribution is 2.24. The number of hydrogen-bond donors (Lipinski definition) is 2. The molecule has 4 nitrogen and oxygen atoms in total. The molecule has 1 aromatic carbocycles. The van der Waals surface area contributed by atoms with Gasteiger partial charge in [0.1, 0.15) is 12.4 Å². The zero-order chi connectivity index (χ0) is 15.3. The molecule has 0 bridgehead atoms. The lowest BCUT2D eigenvalue weighted by molar-refractivity contribution is -0.124. The molecule has 124 valence electrons. The number of hydrogen-bond acceptors (Lipinski definition) is 3. The van der Waals surface area contributed by atoms with E-state index in [0.29, 0.717) is 13.2 Å². The Labute approximate surface area is 139 Å². The van der Waals surface area contributed by atoms with Crippen molar-refractivity contribution in [3.8, 4) is 5.75 Å². The standard InChI is InChI=1S/C17H26N2O2.ClH/c1-17(2,3)14-4-6-15(7-5-14)21-11-10-19-16(20)13-8-9-18-12-13;/h4-7,13,18H,8-12H2,1-3H3,(H,19,20);1H. The van der Waals surface area contributed by atoms with Gasteiger partial charge in [0.25, 0.3) is 0 Å². The van der Waals surface area contributed by atoms with E-state index < -0.39 is 0 Å². The Balaban J connectivity index is 0.00000242. The zero-order valence-electron chi connectivity index (χ0n) is 13.6. The second-order valence-corrected chi connectivity index (χ2v) is 6.60.